The van der Waals surface area contributed by atoms with E-state index in [1.165, 1.54) is 7.11 Å². The molecule has 3 saturated carbocycles. The van der Waals surface area contributed by atoms with E-state index in [-0.39, 0.29) is 46.1 Å². The zero-order chi connectivity index (χ0) is 73.8. The molecule has 6 aliphatic rings. The van der Waals surface area contributed by atoms with Gasteiger partial charge in [0.25, 0.3) is 0 Å². The Bertz CT molecular complexity index is 4920. The molecule has 5 aromatic carbocycles. The van der Waals surface area contributed by atoms with Crippen molar-refractivity contribution >= 4 is 147 Å². The van der Waals surface area contributed by atoms with E-state index in [4.69, 9.17) is 112 Å². The summed E-state index contributed by atoms with van der Waals surface area (Å²) in [5.41, 5.74) is 11.2. The fourth-order valence-corrected chi connectivity index (χ4v) is 18.4. The van der Waals surface area contributed by atoms with Crippen molar-refractivity contribution in [3.05, 3.63) is 199 Å². The highest BCUT2D eigenvalue weighted by atomic mass is 79.9. The van der Waals surface area contributed by atoms with Crippen molar-refractivity contribution in [1.82, 2.24) is 30.4 Å². The number of benzene rings is 5. The fraction of sp³-hybridized carbons (Fsp3) is 0.375. The van der Waals surface area contributed by atoms with Crippen LogP contribution in [-0.2, 0) is 38.8 Å². The minimum Gasteiger partial charge on any atom is -0.478 e. The molecule has 574 valence electrons. The lowest BCUT2D eigenvalue weighted by atomic mass is 10.0. The van der Waals surface area contributed by atoms with Gasteiger partial charge in [0.1, 0.15) is 39.0 Å². The van der Waals surface area contributed by atoms with E-state index in [2.05, 4.69) is 51.1 Å². The SMILES string of the molecule is C.C.COC(=O)c1cccc(-c2csc(N3CCC(OCc4c(-c5c(Cl)cccc5Cl)noc4C4CC4)CC3)n2)c1.Clc1cccc(Cl)c1-c1noc(C2CC2)c1COC1CCN(c2nc(Br)cs2)CC1.O=C(O)c1cccc(-c2csc(N3CCC(OCc4c(-c5c(Cl)cccc5Cl)noc4C4CC4)CC3)n2)c1.[3HH]. The van der Waals surface area contributed by atoms with Crippen LogP contribution in [0.4, 0.5) is 15.4 Å². The number of esters is 1. The number of anilines is 3. The summed E-state index contributed by atoms with van der Waals surface area (Å²) in [6.07, 6.45) is 12.5. The van der Waals surface area contributed by atoms with Gasteiger partial charge in [0.2, 0.25) is 0 Å². The number of hydrogen-bond acceptors (Lipinski definition) is 21. The number of halogens is 7. The van der Waals surface area contributed by atoms with Crippen LogP contribution >= 0.6 is 120 Å². The minimum atomic E-state index is -0.943. The van der Waals surface area contributed by atoms with Crippen LogP contribution in [0.15, 0.2) is 137 Å². The third-order valence-electron chi connectivity index (χ3n) is 19.9. The van der Waals surface area contributed by atoms with Crippen LogP contribution in [0.25, 0.3) is 56.3 Å². The molecule has 17 rings (SSSR count). The molecule has 0 bridgehead atoms. The van der Waals surface area contributed by atoms with Gasteiger partial charge in [-0.1, -0.05) is 142 Å². The van der Waals surface area contributed by atoms with Crippen LogP contribution in [0.5, 0.6) is 0 Å². The monoisotopic (exact) mass is 1720 g/mol. The normalized spacial score (nSPS) is 16.2. The predicted molar refractivity (Wildman–Crippen MR) is 441 cm³/mol. The van der Waals surface area contributed by atoms with Gasteiger partial charge in [0.05, 0.1) is 97.9 Å². The molecule has 0 radical (unpaired) electrons. The second-order valence-electron chi connectivity index (χ2n) is 27.2. The maximum Gasteiger partial charge on any atom is 0.337 e. The zero-order valence-corrected chi connectivity index (χ0v) is 66.4. The zero-order valence-electron chi connectivity index (χ0n) is 57.9. The summed E-state index contributed by atoms with van der Waals surface area (Å²) in [7, 11) is 1.38. The smallest absolute Gasteiger partial charge is 0.337 e. The van der Waals surface area contributed by atoms with Crippen molar-refractivity contribution in [3.63, 3.8) is 0 Å². The highest BCUT2D eigenvalue weighted by Gasteiger charge is 2.38. The van der Waals surface area contributed by atoms with Crippen molar-refractivity contribution in [1.29, 1.82) is 0 Å². The van der Waals surface area contributed by atoms with E-state index in [0.717, 1.165) is 198 Å². The van der Waals surface area contributed by atoms with E-state index < -0.39 is 5.97 Å². The molecule has 0 atom stereocenters. The van der Waals surface area contributed by atoms with Crippen LogP contribution in [0.3, 0.4) is 0 Å². The van der Waals surface area contributed by atoms with Crippen molar-refractivity contribution in [2.24, 2.45) is 0 Å². The molecule has 3 saturated heterocycles. The first-order valence-corrected chi connectivity index (χ1v) is 41.2. The number of piperidine rings is 3. The second kappa shape index (κ2) is 36.3. The molecule has 0 unspecified atom stereocenters. The van der Waals surface area contributed by atoms with Gasteiger partial charge < -0.3 is 52.3 Å². The first kappa shape index (κ1) is 80.1. The molecule has 109 heavy (non-hydrogen) atoms. The highest BCUT2D eigenvalue weighted by Crippen LogP contribution is 2.50. The van der Waals surface area contributed by atoms with Gasteiger partial charge in [0, 0.05) is 119 Å². The number of carbonyl (C=O) groups is 2. The number of aromatic carboxylic acids is 1. The van der Waals surface area contributed by atoms with Crippen LogP contribution in [0, 0.1) is 0 Å². The van der Waals surface area contributed by atoms with Gasteiger partial charge in [-0.15, -0.1) is 34.0 Å². The lowest BCUT2D eigenvalue weighted by Crippen LogP contribution is -2.37. The van der Waals surface area contributed by atoms with E-state index >= 15 is 0 Å². The van der Waals surface area contributed by atoms with Crippen LogP contribution in [0.2, 0.25) is 30.1 Å². The number of carbonyl (C=O) groups excluding carboxylic acids is 1. The first-order chi connectivity index (χ1) is 52.1. The molecule has 29 heteroatoms. The molecule has 1 N–H and O–H groups in total. The number of aromatic nitrogens is 6. The fourth-order valence-electron chi connectivity index (χ4n) is 13.6. The molecule has 9 heterocycles. The molecule has 0 spiro atoms. The first-order valence-electron chi connectivity index (χ1n) is 35.5. The molecule has 6 fully saturated rings. The average Bonchev–Trinajstić information content (AvgIpc) is 1.63. The lowest BCUT2D eigenvalue weighted by Gasteiger charge is -2.31. The van der Waals surface area contributed by atoms with Gasteiger partial charge >= 0.3 is 11.9 Å². The summed E-state index contributed by atoms with van der Waals surface area (Å²) in [5, 5.41) is 34.7. The van der Waals surface area contributed by atoms with Gasteiger partial charge in [-0.25, -0.2) is 24.5 Å². The molecule has 6 aromatic heterocycles. The summed E-state index contributed by atoms with van der Waals surface area (Å²) in [6, 6.07) is 30.6. The number of methoxy groups -OCH3 is 1. The Morgan fingerprint density at radius 2 is 0.780 bits per heavy atom. The quantitative estimate of drug-likeness (QED) is 0.0624. The minimum absolute atomic E-state index is 0. The van der Waals surface area contributed by atoms with Crippen molar-refractivity contribution in [2.45, 2.75) is 148 Å². The summed E-state index contributed by atoms with van der Waals surface area (Å²) in [4.78, 5) is 44.2. The maximum absolute atomic E-state index is 11.9. The van der Waals surface area contributed by atoms with Crippen LogP contribution in [0.1, 0.15) is 166 Å². The number of carboxylic acids is 1. The molecule has 0 amide bonds. The lowest BCUT2D eigenvalue weighted by molar-refractivity contribution is 0.0245. The molecule has 11 aromatic rings. The molecular weight excluding hydrogens is 1640 g/mol. The Morgan fingerprint density at radius 3 is 1.09 bits per heavy atom. The number of rotatable bonds is 22. The summed E-state index contributed by atoms with van der Waals surface area (Å²) in [5.74, 6) is 2.60. The largest absolute Gasteiger partial charge is 0.478 e. The molecular formula is C80H82BrCl6N9O10S3. The van der Waals surface area contributed by atoms with Crippen LogP contribution < -0.4 is 14.7 Å². The van der Waals surface area contributed by atoms with Crippen molar-refractivity contribution < 1.29 is 48.6 Å². The number of hydrogen-bond donors (Lipinski definition) is 1. The van der Waals surface area contributed by atoms with Gasteiger partial charge in [-0.3, -0.25) is 0 Å². The Morgan fingerprint density at radius 1 is 0.468 bits per heavy atom. The van der Waals surface area contributed by atoms with Gasteiger partial charge in [-0.2, -0.15) is 0 Å². The Balaban J connectivity index is 0.000000153. The van der Waals surface area contributed by atoms with Gasteiger partial charge in [-0.05, 0) is 154 Å². The number of nitrogens with zero attached hydrogens (tertiary/aromatic N) is 9. The summed E-state index contributed by atoms with van der Waals surface area (Å²) in [6.45, 7) is 6.50. The summed E-state index contributed by atoms with van der Waals surface area (Å²) < 4.78 is 42.2. The van der Waals surface area contributed by atoms with Crippen molar-refractivity contribution in [2.75, 3.05) is 61.1 Å². The Kier molecular flexibility index (Phi) is 26.6. The maximum atomic E-state index is 11.9. The third-order valence-corrected chi connectivity index (χ3v) is 25.2. The number of thiazole rings is 3. The molecule has 3 aliphatic heterocycles. The van der Waals surface area contributed by atoms with E-state index in [1.807, 2.05) is 95.0 Å². The average molecular weight is 1720 g/mol. The number of ether oxygens (including phenoxy) is 4. The van der Waals surface area contributed by atoms with Gasteiger partial charge in [0.15, 0.2) is 15.4 Å². The summed E-state index contributed by atoms with van der Waals surface area (Å²) >= 11 is 47.1. The second-order valence-corrected chi connectivity index (χ2v) is 32.9. The highest BCUT2D eigenvalue weighted by molar-refractivity contribution is 9.10. The topological polar surface area (TPSA) is 218 Å². The number of carboxylic acid groups (broad SMARTS) is 1. The standard InChI is InChI=1S/C29H27Cl2N3O4S.C28H25Cl2N3O4S.C21H20BrCl2N3O2S.2CH4.H2/c1-36-28(35)19-5-2-4-18(14-19)24-16-39-29(32-24)34-12-10-20(11-13-34)37-15-21-26(33-38-27(21)17-8-9-17)25-22(30)6-3-7-23(25)31;29-21-5-2-6-22(30)24(21)25-20(26(37-32-25)16-7-8-16)14-36-19-9-11-33(12-10-19)28-31-23(15-38-28)17-3-1-4-18(13-17)27(34)35;22-17-11-30-21(25-17)27-8-6-13(7-9-27)28-10-14-19(26-29-20(14)12-4-5-12)18-15(23)2-1-3-16(18)24;;;/h2-7,14,16-17,20H,8-13,15H2,1H3;1-6,13,15-16,19H,7-12,14H2,(H,34,35);1-3,11-13H,4-10H2;2*1H4;1H/i;;;;;1+2. The Hall–Kier alpha value is -6.94. The van der Waals surface area contributed by atoms with E-state index in [1.54, 1.807) is 58.3 Å². The third kappa shape index (κ3) is 18.9. The van der Waals surface area contributed by atoms with E-state index in [9.17, 15) is 14.7 Å². The van der Waals surface area contributed by atoms with Crippen molar-refractivity contribution in [3.8, 4) is 56.3 Å². The van der Waals surface area contributed by atoms with E-state index in [0.29, 0.717) is 101 Å². The van der Waals surface area contributed by atoms with Crippen LogP contribution in [-0.4, -0.2) is 112 Å². The predicted octanol–water partition coefficient (Wildman–Crippen LogP) is 23.6. The Labute approximate surface area is 684 Å². The molecule has 3 aliphatic carbocycles. The molecule has 19 nitrogen and oxygen atoms in total.